The molecule has 0 saturated carbocycles. The van der Waals surface area contributed by atoms with Gasteiger partial charge >= 0.3 is 23.1 Å². The summed E-state index contributed by atoms with van der Waals surface area (Å²) in [5.41, 5.74) is 4.09. The van der Waals surface area contributed by atoms with Crippen molar-refractivity contribution in [3.05, 3.63) is 92.0 Å². The van der Waals surface area contributed by atoms with E-state index in [9.17, 15) is 38.7 Å². The number of benzene rings is 1. The number of aromatic amines is 1. The minimum atomic E-state index is -1.57. The fraction of sp³-hybridized carbons (Fsp3) is 0.231. The molecule has 44 heavy (non-hydrogen) atoms. The Morgan fingerprint density at radius 3 is 2.59 bits per heavy atom. The number of carbonyl (C=O) groups is 5. The maximum atomic E-state index is 13.7. The summed E-state index contributed by atoms with van der Waals surface area (Å²) in [6, 6.07) is 5.20. The van der Waals surface area contributed by atoms with E-state index < -0.39 is 58.3 Å². The summed E-state index contributed by atoms with van der Waals surface area (Å²) in [4.78, 5) is 90.0. The van der Waals surface area contributed by atoms with Crippen LogP contribution in [0, 0.1) is 0 Å². The van der Waals surface area contributed by atoms with Gasteiger partial charge in [0.25, 0.3) is 11.8 Å². The zero-order valence-electron chi connectivity index (χ0n) is 22.7. The minimum Gasteiger partial charge on any atom is -0.477 e. The van der Waals surface area contributed by atoms with Crippen LogP contribution in [0.15, 0.2) is 79.4 Å². The van der Waals surface area contributed by atoms with Gasteiger partial charge in [-0.15, -0.1) is 16.9 Å². The van der Waals surface area contributed by atoms with E-state index in [0.29, 0.717) is 10.5 Å². The monoisotopic (exact) mass is 641 g/mol. The average molecular weight is 642 g/mol. The van der Waals surface area contributed by atoms with E-state index in [0.717, 1.165) is 27.5 Å². The van der Waals surface area contributed by atoms with Gasteiger partial charge in [0, 0.05) is 18.6 Å². The van der Waals surface area contributed by atoms with E-state index in [1.807, 2.05) is 0 Å². The number of hydrogen-bond donors (Lipinski definition) is 4. The van der Waals surface area contributed by atoms with Gasteiger partial charge in [-0.2, -0.15) is 0 Å². The first-order valence-electron chi connectivity index (χ1n) is 12.7. The molecule has 1 unspecified atom stereocenters. The molecule has 1 aromatic carbocycles. The van der Waals surface area contributed by atoms with E-state index in [1.54, 1.807) is 18.2 Å². The number of β-lactam (4-membered cyclic amide) rings is 1. The fourth-order valence-corrected chi connectivity index (χ4v) is 7.09. The maximum Gasteiger partial charge on any atom is 0.352 e. The lowest BCUT2D eigenvalue weighted by molar-refractivity contribution is -0.151. The van der Waals surface area contributed by atoms with Crippen LogP contribution in [-0.2, 0) is 21.4 Å². The highest BCUT2D eigenvalue weighted by Crippen LogP contribution is 2.41. The lowest BCUT2D eigenvalue weighted by Gasteiger charge is -2.49. The number of carboxylic acid groups (broad SMARTS) is 1. The van der Waals surface area contributed by atoms with Crippen LogP contribution in [0.3, 0.4) is 0 Å². The topological polar surface area (TPSA) is 231 Å². The summed E-state index contributed by atoms with van der Waals surface area (Å²) in [7, 11) is 1.35. The molecule has 1 fully saturated rings. The zero-order chi connectivity index (χ0) is 31.7. The van der Waals surface area contributed by atoms with Crippen LogP contribution in [0.1, 0.15) is 22.0 Å². The van der Waals surface area contributed by atoms with Crippen LogP contribution in [0.5, 0.6) is 0 Å². The molecule has 0 spiro atoms. The number of thioether (sulfide) groups is 2. The summed E-state index contributed by atoms with van der Waals surface area (Å²) >= 11 is 2.19. The lowest BCUT2D eigenvalue weighted by Crippen LogP contribution is -2.71. The number of carbonyl (C=O) groups excluding carboxylic acids is 4. The van der Waals surface area contributed by atoms with Gasteiger partial charge in [-0.25, -0.2) is 19.6 Å². The van der Waals surface area contributed by atoms with Crippen LogP contribution in [0.25, 0.3) is 0 Å². The van der Waals surface area contributed by atoms with Crippen molar-refractivity contribution in [2.75, 3.05) is 11.5 Å². The van der Waals surface area contributed by atoms with Gasteiger partial charge in [0.2, 0.25) is 5.91 Å². The number of urea groups is 1. The second-order valence-electron chi connectivity index (χ2n) is 9.48. The first-order chi connectivity index (χ1) is 21.0. The van der Waals surface area contributed by atoms with Crippen LogP contribution < -0.4 is 22.2 Å². The number of nitrogens with zero attached hydrogens (tertiary/aromatic N) is 4. The highest BCUT2D eigenvalue weighted by atomic mass is 32.2. The minimum absolute atomic E-state index is 0.0360. The normalized spacial score (nSPS) is 18.2. The second kappa shape index (κ2) is 12.3. The summed E-state index contributed by atoms with van der Waals surface area (Å²) < 4.78 is 5.96. The number of nitrogens with two attached hydrogens (primary N) is 1. The van der Waals surface area contributed by atoms with Crippen molar-refractivity contribution >= 4 is 53.2 Å². The fourth-order valence-electron chi connectivity index (χ4n) is 4.69. The SMILES string of the molecule is Cn1c(SCC2=C(C(=O)O)N3C(=O)[C@H](NC(=O)C(c4ccccc4)N(C(N)=O)C(=O)c4ccoc4)[C@@H]3SC2)n[nH]c(=O)c1=O. The number of fused-ring (bicyclic) bond motifs is 1. The molecule has 18 heteroatoms. The smallest absolute Gasteiger partial charge is 0.352 e. The van der Waals surface area contributed by atoms with Gasteiger partial charge in [0.05, 0.1) is 11.8 Å². The van der Waals surface area contributed by atoms with E-state index in [4.69, 9.17) is 10.2 Å². The predicted octanol–water partition coefficient (Wildman–Crippen LogP) is -0.145. The molecule has 228 valence electrons. The number of primary amides is 1. The third-order valence-corrected chi connectivity index (χ3v) is 9.26. The van der Waals surface area contributed by atoms with E-state index in [2.05, 4.69) is 15.5 Å². The molecule has 2 aliphatic rings. The van der Waals surface area contributed by atoms with E-state index in [-0.39, 0.29) is 33.5 Å². The highest BCUT2D eigenvalue weighted by Gasteiger charge is 2.55. The van der Waals surface area contributed by atoms with Gasteiger partial charge in [0.15, 0.2) is 5.16 Å². The largest absolute Gasteiger partial charge is 0.477 e. The van der Waals surface area contributed by atoms with Crippen molar-refractivity contribution in [1.29, 1.82) is 0 Å². The number of nitrogens with one attached hydrogen (secondary N) is 2. The Balaban J connectivity index is 1.38. The number of furan rings is 1. The molecular weight excluding hydrogens is 618 g/mol. The molecule has 0 radical (unpaired) electrons. The van der Waals surface area contributed by atoms with Crippen molar-refractivity contribution in [2.24, 2.45) is 12.8 Å². The van der Waals surface area contributed by atoms with Crippen LogP contribution in [-0.4, -0.2) is 82.3 Å². The molecule has 0 bridgehead atoms. The van der Waals surface area contributed by atoms with E-state index in [1.165, 1.54) is 43.3 Å². The Morgan fingerprint density at radius 1 is 1.23 bits per heavy atom. The Morgan fingerprint density at radius 2 is 1.95 bits per heavy atom. The first-order valence-corrected chi connectivity index (χ1v) is 14.7. The molecule has 0 aliphatic carbocycles. The third-order valence-electron chi connectivity index (χ3n) is 6.81. The number of amides is 5. The molecule has 5 N–H and O–H groups in total. The Labute approximate surface area is 255 Å². The quantitative estimate of drug-likeness (QED) is 0.136. The van der Waals surface area contributed by atoms with Gasteiger partial charge in [-0.3, -0.25) is 33.4 Å². The van der Waals surface area contributed by atoms with Crippen molar-refractivity contribution in [3.63, 3.8) is 0 Å². The Bertz CT molecular complexity index is 1800. The number of hydrogen-bond acceptors (Lipinski definition) is 11. The highest BCUT2D eigenvalue weighted by molar-refractivity contribution is 8.01. The molecular formula is C26H23N7O9S2. The number of aromatic nitrogens is 3. The maximum absolute atomic E-state index is 13.7. The van der Waals surface area contributed by atoms with Crippen LogP contribution >= 0.6 is 23.5 Å². The van der Waals surface area contributed by atoms with Gasteiger partial charge in [-0.05, 0) is 17.2 Å². The standard InChI is InChI=1S/C26H23N7O9S2/c1-31-22(38)19(35)29-30-26(31)44-11-14-10-43-23-15(21(37)32(23)17(14)24(39)40)28-18(34)16(12-5-3-2-4-6-12)33(25(27)41)20(36)13-7-8-42-9-13/h2-9,15-16,23H,10-11H2,1H3,(H2,27,41)(H,28,34)(H,29,35)(H,39,40)/t15-,16?,23-/m0/s1. The van der Waals surface area contributed by atoms with E-state index >= 15 is 0 Å². The molecule has 4 heterocycles. The summed E-state index contributed by atoms with van der Waals surface area (Å²) in [6.45, 7) is 0. The lowest BCUT2D eigenvalue weighted by atomic mass is 10.00. The number of aliphatic carboxylic acids is 1. The van der Waals surface area contributed by atoms with Crippen molar-refractivity contribution in [3.8, 4) is 0 Å². The molecule has 3 aromatic rings. The summed E-state index contributed by atoms with van der Waals surface area (Å²) in [5, 5.41) is 17.8. The Kier molecular flexibility index (Phi) is 8.45. The third kappa shape index (κ3) is 5.51. The van der Waals surface area contributed by atoms with Crippen LogP contribution in [0.2, 0.25) is 0 Å². The molecule has 3 atom stereocenters. The number of rotatable bonds is 9. The van der Waals surface area contributed by atoms with Crippen molar-refractivity contribution in [2.45, 2.75) is 22.6 Å². The second-order valence-corrected chi connectivity index (χ2v) is 11.5. The van der Waals surface area contributed by atoms with Crippen LogP contribution in [0.4, 0.5) is 4.79 Å². The first kappa shape index (κ1) is 30.4. The van der Waals surface area contributed by atoms with Crippen molar-refractivity contribution < 1.29 is 33.5 Å². The summed E-state index contributed by atoms with van der Waals surface area (Å²) in [5.74, 6) is -3.70. The number of H-pyrrole nitrogens is 1. The molecule has 1 saturated heterocycles. The van der Waals surface area contributed by atoms with Gasteiger partial charge in [-0.1, -0.05) is 42.1 Å². The molecule has 16 nitrogen and oxygen atoms in total. The number of imide groups is 1. The van der Waals surface area contributed by atoms with Crippen molar-refractivity contribution in [1.82, 2.24) is 29.9 Å². The van der Waals surface area contributed by atoms with Gasteiger partial charge < -0.3 is 20.6 Å². The Hall–Kier alpha value is -5.10. The number of carboxylic acids is 1. The van der Waals surface area contributed by atoms with Gasteiger partial charge in [0.1, 0.15) is 29.4 Å². The zero-order valence-corrected chi connectivity index (χ0v) is 24.3. The average Bonchev–Trinajstić information content (AvgIpc) is 3.55. The summed E-state index contributed by atoms with van der Waals surface area (Å²) in [6.07, 6.45) is 2.30. The molecule has 5 amide bonds. The predicted molar refractivity (Wildman–Crippen MR) is 154 cm³/mol. The molecule has 5 rings (SSSR count). The molecule has 2 aliphatic heterocycles. The molecule has 2 aromatic heterocycles.